The van der Waals surface area contributed by atoms with Crippen LogP contribution in [0.5, 0.6) is 0 Å². The first-order valence-electron chi connectivity index (χ1n) is 5.53. The van der Waals surface area contributed by atoms with Gasteiger partial charge in [0, 0.05) is 29.3 Å². The Morgan fingerprint density at radius 1 is 1.56 bits per heavy atom. The third-order valence-corrected chi connectivity index (χ3v) is 3.42. The van der Waals surface area contributed by atoms with E-state index in [1.165, 1.54) is 0 Å². The lowest BCUT2D eigenvalue weighted by atomic mass is 10.2. The van der Waals surface area contributed by atoms with E-state index in [4.69, 9.17) is 10.5 Å². The summed E-state index contributed by atoms with van der Waals surface area (Å²) in [5.41, 5.74) is 7.55. The van der Waals surface area contributed by atoms with E-state index in [9.17, 15) is 0 Å². The molecule has 1 aromatic heterocycles. The molecule has 5 heteroatoms. The zero-order valence-corrected chi connectivity index (χ0v) is 10.3. The summed E-state index contributed by atoms with van der Waals surface area (Å²) in [6.45, 7) is 3.40. The lowest BCUT2D eigenvalue weighted by molar-refractivity contribution is 0.0691. The lowest BCUT2D eigenvalue weighted by Crippen LogP contribution is -2.19. The molecule has 1 aromatic rings. The predicted octanol–water partition coefficient (Wildman–Crippen LogP) is 1.09. The van der Waals surface area contributed by atoms with Crippen LogP contribution < -0.4 is 5.73 Å². The molecular formula is C11H17N3OS. The van der Waals surface area contributed by atoms with Crippen LogP contribution in [-0.4, -0.2) is 34.6 Å². The van der Waals surface area contributed by atoms with Crippen LogP contribution in [-0.2, 0) is 11.2 Å². The molecule has 1 aliphatic rings. The van der Waals surface area contributed by atoms with E-state index >= 15 is 0 Å². The highest BCUT2D eigenvalue weighted by molar-refractivity contribution is 7.99. The van der Waals surface area contributed by atoms with Crippen LogP contribution in [0, 0.1) is 6.92 Å². The van der Waals surface area contributed by atoms with Crippen molar-refractivity contribution in [2.45, 2.75) is 19.4 Å². The van der Waals surface area contributed by atoms with Gasteiger partial charge in [-0.2, -0.15) is 11.8 Å². The number of aromatic nitrogens is 2. The van der Waals surface area contributed by atoms with Crippen molar-refractivity contribution in [1.29, 1.82) is 0 Å². The molecule has 0 saturated carbocycles. The van der Waals surface area contributed by atoms with Crippen molar-refractivity contribution in [1.82, 2.24) is 9.97 Å². The van der Waals surface area contributed by atoms with Crippen molar-refractivity contribution in [3.8, 4) is 0 Å². The molecule has 0 aliphatic carbocycles. The summed E-state index contributed by atoms with van der Waals surface area (Å²) < 4.78 is 5.68. The van der Waals surface area contributed by atoms with Gasteiger partial charge < -0.3 is 10.5 Å². The summed E-state index contributed by atoms with van der Waals surface area (Å²) in [6.07, 6.45) is 0.853. The topological polar surface area (TPSA) is 61.0 Å². The molecule has 0 radical (unpaired) electrons. The molecule has 1 fully saturated rings. The molecule has 1 atom stereocenters. The van der Waals surface area contributed by atoms with Crippen molar-refractivity contribution >= 4 is 11.8 Å². The molecule has 0 aromatic carbocycles. The fourth-order valence-corrected chi connectivity index (χ4v) is 2.56. The van der Waals surface area contributed by atoms with Crippen molar-refractivity contribution in [3.63, 3.8) is 0 Å². The molecular weight excluding hydrogens is 222 g/mol. The van der Waals surface area contributed by atoms with Gasteiger partial charge in [0.2, 0.25) is 0 Å². The fraction of sp³-hybridized carbons (Fsp3) is 0.636. The van der Waals surface area contributed by atoms with Gasteiger partial charge in [0.25, 0.3) is 0 Å². The summed E-state index contributed by atoms with van der Waals surface area (Å²) in [5, 5.41) is 0. The number of aryl methyl sites for hydroxylation is 1. The Balaban J connectivity index is 2.18. The zero-order chi connectivity index (χ0) is 11.4. The largest absolute Gasteiger partial charge is 0.368 e. The van der Waals surface area contributed by atoms with Crippen LogP contribution in [0.25, 0.3) is 0 Å². The molecule has 2 heterocycles. The van der Waals surface area contributed by atoms with E-state index < -0.39 is 0 Å². The molecule has 4 nitrogen and oxygen atoms in total. The Morgan fingerprint density at radius 2 is 2.44 bits per heavy atom. The van der Waals surface area contributed by atoms with Crippen molar-refractivity contribution in [3.05, 3.63) is 23.3 Å². The average molecular weight is 239 g/mol. The maximum absolute atomic E-state index is 5.68. The summed E-state index contributed by atoms with van der Waals surface area (Å²) >= 11 is 1.89. The minimum Gasteiger partial charge on any atom is -0.368 e. The van der Waals surface area contributed by atoms with E-state index in [0.717, 1.165) is 41.7 Å². The van der Waals surface area contributed by atoms with E-state index in [1.807, 2.05) is 24.8 Å². The van der Waals surface area contributed by atoms with Crippen LogP contribution >= 0.6 is 11.8 Å². The third kappa shape index (κ3) is 2.93. The van der Waals surface area contributed by atoms with E-state index in [0.29, 0.717) is 6.54 Å². The Bertz CT molecular complexity index is 353. The smallest absolute Gasteiger partial charge is 0.158 e. The molecule has 2 N–H and O–H groups in total. The molecule has 16 heavy (non-hydrogen) atoms. The van der Waals surface area contributed by atoms with Crippen LogP contribution in [0.2, 0.25) is 0 Å². The maximum atomic E-state index is 5.68. The van der Waals surface area contributed by atoms with E-state index in [-0.39, 0.29) is 6.10 Å². The number of hydrogen-bond acceptors (Lipinski definition) is 5. The van der Waals surface area contributed by atoms with Crippen LogP contribution in [0.15, 0.2) is 6.07 Å². The van der Waals surface area contributed by atoms with E-state index in [1.54, 1.807) is 0 Å². The number of hydrogen-bond donors (Lipinski definition) is 1. The third-order valence-electron chi connectivity index (χ3n) is 2.43. The van der Waals surface area contributed by atoms with Gasteiger partial charge in [0.1, 0.15) is 6.10 Å². The Morgan fingerprint density at radius 3 is 3.12 bits per heavy atom. The average Bonchev–Trinajstić information content (AvgIpc) is 2.30. The second-order valence-corrected chi connectivity index (χ2v) is 4.98. The summed E-state index contributed by atoms with van der Waals surface area (Å²) in [4.78, 5) is 8.97. The normalized spacial score (nSPS) is 21.0. The lowest BCUT2D eigenvalue weighted by Gasteiger charge is -2.21. The second kappa shape index (κ2) is 5.61. The first-order chi connectivity index (χ1) is 7.79. The van der Waals surface area contributed by atoms with Crippen molar-refractivity contribution < 1.29 is 4.74 Å². The Labute approximate surface area is 100.0 Å². The van der Waals surface area contributed by atoms with Crippen molar-refractivity contribution in [2.75, 3.05) is 24.7 Å². The SMILES string of the molecule is Cc1cc(CCN)nc(C2CSCCO2)n1. The maximum Gasteiger partial charge on any atom is 0.158 e. The molecule has 1 aliphatic heterocycles. The van der Waals surface area contributed by atoms with Crippen LogP contribution in [0.3, 0.4) is 0 Å². The predicted molar refractivity (Wildman–Crippen MR) is 65.5 cm³/mol. The molecule has 1 unspecified atom stereocenters. The van der Waals surface area contributed by atoms with Gasteiger partial charge in [0.15, 0.2) is 5.82 Å². The minimum atomic E-state index is 0.0511. The highest BCUT2D eigenvalue weighted by atomic mass is 32.2. The monoisotopic (exact) mass is 239 g/mol. The van der Waals surface area contributed by atoms with E-state index in [2.05, 4.69) is 9.97 Å². The van der Waals surface area contributed by atoms with Crippen molar-refractivity contribution in [2.24, 2.45) is 5.73 Å². The first kappa shape index (κ1) is 11.8. The molecule has 1 saturated heterocycles. The molecule has 88 valence electrons. The summed E-state index contributed by atoms with van der Waals surface area (Å²) in [5.74, 6) is 2.83. The van der Waals surface area contributed by atoms with Crippen LogP contribution in [0.1, 0.15) is 23.3 Å². The molecule has 0 spiro atoms. The van der Waals surface area contributed by atoms with Gasteiger partial charge in [-0.25, -0.2) is 9.97 Å². The molecule has 2 rings (SSSR count). The number of nitrogens with two attached hydrogens (primary N) is 1. The molecule has 0 bridgehead atoms. The highest BCUT2D eigenvalue weighted by Gasteiger charge is 2.19. The minimum absolute atomic E-state index is 0.0511. The number of nitrogens with zero attached hydrogens (tertiary/aromatic N) is 2. The van der Waals surface area contributed by atoms with Crippen LogP contribution in [0.4, 0.5) is 0 Å². The first-order valence-corrected chi connectivity index (χ1v) is 6.69. The van der Waals surface area contributed by atoms with Gasteiger partial charge in [-0.1, -0.05) is 0 Å². The van der Waals surface area contributed by atoms with Gasteiger partial charge in [0.05, 0.1) is 6.61 Å². The fourth-order valence-electron chi connectivity index (χ4n) is 1.72. The summed E-state index contributed by atoms with van der Waals surface area (Å²) in [6, 6.07) is 1.99. The number of rotatable bonds is 3. The Kier molecular flexibility index (Phi) is 4.15. The number of ether oxygens (including phenoxy) is 1. The molecule has 0 amide bonds. The zero-order valence-electron chi connectivity index (χ0n) is 9.48. The van der Waals surface area contributed by atoms with Gasteiger partial charge in [-0.05, 0) is 19.5 Å². The standard InChI is InChI=1S/C11H17N3OS/c1-8-6-9(2-3-12)14-11(13-8)10-7-16-5-4-15-10/h6,10H,2-5,7,12H2,1H3. The van der Waals surface area contributed by atoms with Gasteiger partial charge in [-0.3, -0.25) is 0 Å². The highest BCUT2D eigenvalue weighted by Crippen LogP contribution is 2.24. The van der Waals surface area contributed by atoms with Gasteiger partial charge in [-0.15, -0.1) is 0 Å². The Hall–Kier alpha value is -0.650. The number of thioether (sulfide) groups is 1. The summed E-state index contributed by atoms with van der Waals surface area (Å²) in [7, 11) is 0. The second-order valence-electron chi connectivity index (χ2n) is 3.83. The quantitative estimate of drug-likeness (QED) is 0.855. The van der Waals surface area contributed by atoms with Gasteiger partial charge >= 0.3 is 0 Å².